The number of aromatic amines is 1. The van der Waals surface area contributed by atoms with Crippen molar-refractivity contribution in [3.63, 3.8) is 0 Å². The zero-order chi connectivity index (χ0) is 13.3. The molecule has 1 aromatic heterocycles. The van der Waals surface area contributed by atoms with Crippen LogP contribution in [0.15, 0.2) is 11.1 Å². The molecule has 1 aromatic rings. The first-order valence-corrected chi connectivity index (χ1v) is 5.54. The molecule has 18 heavy (non-hydrogen) atoms. The van der Waals surface area contributed by atoms with Gasteiger partial charge in [0.05, 0.1) is 12.2 Å². The lowest BCUT2D eigenvalue weighted by Crippen LogP contribution is -2.42. The van der Waals surface area contributed by atoms with Crippen molar-refractivity contribution in [2.45, 2.75) is 19.0 Å². The molecule has 3 N–H and O–H groups in total. The molecule has 100 valence electrons. The number of anilines is 2. The number of piperidine rings is 1. The Morgan fingerprint density at radius 2 is 2.22 bits per heavy atom. The van der Waals surface area contributed by atoms with E-state index in [2.05, 4.69) is 9.97 Å². The van der Waals surface area contributed by atoms with E-state index in [4.69, 9.17) is 5.73 Å². The van der Waals surface area contributed by atoms with Crippen LogP contribution in [0.5, 0.6) is 0 Å². The number of nitrogens with one attached hydrogen (secondary N) is 1. The summed E-state index contributed by atoms with van der Waals surface area (Å²) in [5, 5.41) is 0. The monoisotopic (exact) mass is 262 g/mol. The van der Waals surface area contributed by atoms with Gasteiger partial charge in [0.25, 0.3) is 5.56 Å². The SMILES string of the molecule is Nc1c(N2CCCC(C(F)(F)F)C2)nc[nH]c1=O. The highest BCUT2D eigenvalue weighted by Crippen LogP contribution is 2.34. The number of nitrogen functional groups attached to an aromatic ring is 1. The fourth-order valence-corrected chi connectivity index (χ4v) is 2.09. The Hall–Kier alpha value is -1.73. The molecule has 5 nitrogen and oxygen atoms in total. The molecule has 0 saturated carbocycles. The van der Waals surface area contributed by atoms with Gasteiger partial charge in [-0.1, -0.05) is 0 Å². The molecule has 8 heteroatoms. The standard InChI is InChI=1S/C10H13F3N4O/c11-10(12,13)6-2-1-3-17(4-6)8-7(14)9(18)16-5-15-8/h5-6H,1-4,14H2,(H,15,16,18). The number of hydrogen-bond acceptors (Lipinski definition) is 4. The number of hydrogen-bond donors (Lipinski definition) is 2. The van der Waals surface area contributed by atoms with Crippen molar-refractivity contribution in [3.8, 4) is 0 Å². The lowest BCUT2D eigenvalue weighted by Gasteiger charge is -2.34. The highest BCUT2D eigenvalue weighted by molar-refractivity contribution is 5.61. The van der Waals surface area contributed by atoms with Crippen molar-refractivity contribution in [2.75, 3.05) is 23.7 Å². The van der Waals surface area contributed by atoms with E-state index >= 15 is 0 Å². The highest BCUT2D eigenvalue weighted by atomic mass is 19.4. The first-order chi connectivity index (χ1) is 8.39. The maximum atomic E-state index is 12.7. The molecular weight excluding hydrogens is 249 g/mol. The van der Waals surface area contributed by atoms with Crippen molar-refractivity contribution in [2.24, 2.45) is 5.92 Å². The van der Waals surface area contributed by atoms with E-state index in [0.717, 1.165) is 6.33 Å². The molecule has 1 atom stereocenters. The smallest absolute Gasteiger partial charge is 0.391 e. The van der Waals surface area contributed by atoms with Gasteiger partial charge >= 0.3 is 6.18 Å². The van der Waals surface area contributed by atoms with E-state index in [0.29, 0.717) is 13.0 Å². The molecule has 0 spiro atoms. The van der Waals surface area contributed by atoms with Gasteiger partial charge in [0, 0.05) is 13.1 Å². The Balaban J connectivity index is 2.24. The summed E-state index contributed by atoms with van der Waals surface area (Å²) < 4.78 is 38.0. The van der Waals surface area contributed by atoms with E-state index < -0.39 is 17.7 Å². The number of nitrogens with two attached hydrogens (primary N) is 1. The molecule has 0 aliphatic carbocycles. The predicted molar refractivity (Wildman–Crippen MR) is 60.3 cm³/mol. The molecule has 0 bridgehead atoms. The van der Waals surface area contributed by atoms with Crippen LogP contribution in [0.1, 0.15) is 12.8 Å². The van der Waals surface area contributed by atoms with E-state index in [1.54, 1.807) is 0 Å². The maximum absolute atomic E-state index is 12.7. The van der Waals surface area contributed by atoms with Gasteiger partial charge in [-0.2, -0.15) is 13.2 Å². The average molecular weight is 262 g/mol. The number of aromatic nitrogens is 2. The van der Waals surface area contributed by atoms with Crippen molar-refractivity contribution in [1.82, 2.24) is 9.97 Å². The summed E-state index contributed by atoms with van der Waals surface area (Å²) in [6.45, 7) is 0.220. The molecule has 1 saturated heterocycles. The van der Waals surface area contributed by atoms with Gasteiger partial charge in [-0.05, 0) is 12.8 Å². The lowest BCUT2D eigenvalue weighted by atomic mass is 9.97. The van der Waals surface area contributed by atoms with E-state index in [-0.39, 0.29) is 24.5 Å². The van der Waals surface area contributed by atoms with Crippen LogP contribution in [-0.2, 0) is 0 Å². The van der Waals surface area contributed by atoms with Gasteiger partial charge in [-0.15, -0.1) is 0 Å². The van der Waals surface area contributed by atoms with E-state index in [9.17, 15) is 18.0 Å². The predicted octanol–water partition coefficient (Wildman–Crippen LogP) is 1.13. The molecule has 1 aliphatic heterocycles. The van der Waals surface area contributed by atoms with E-state index in [1.165, 1.54) is 4.90 Å². The number of alkyl halides is 3. The first kappa shape index (κ1) is 12.7. The summed E-state index contributed by atoms with van der Waals surface area (Å²) >= 11 is 0. The van der Waals surface area contributed by atoms with E-state index in [1.807, 2.05) is 0 Å². The van der Waals surface area contributed by atoms with Crippen LogP contribution in [0.3, 0.4) is 0 Å². The lowest BCUT2D eigenvalue weighted by molar-refractivity contribution is -0.176. The Bertz CT molecular complexity index is 485. The molecule has 1 unspecified atom stereocenters. The van der Waals surface area contributed by atoms with Crippen molar-refractivity contribution >= 4 is 11.5 Å². The maximum Gasteiger partial charge on any atom is 0.393 e. The molecule has 2 heterocycles. The summed E-state index contributed by atoms with van der Waals surface area (Å²) in [5.41, 5.74) is 4.87. The summed E-state index contributed by atoms with van der Waals surface area (Å²) in [7, 11) is 0. The fraction of sp³-hybridized carbons (Fsp3) is 0.600. The molecule has 0 radical (unpaired) electrons. The first-order valence-electron chi connectivity index (χ1n) is 5.54. The second kappa shape index (κ2) is 4.51. The number of H-pyrrole nitrogens is 1. The second-order valence-corrected chi connectivity index (χ2v) is 4.30. The third kappa shape index (κ3) is 2.41. The molecule has 0 amide bonds. The van der Waals surface area contributed by atoms with Crippen LogP contribution in [0, 0.1) is 5.92 Å². The minimum atomic E-state index is -4.23. The van der Waals surface area contributed by atoms with Crippen LogP contribution >= 0.6 is 0 Å². The zero-order valence-corrected chi connectivity index (χ0v) is 9.50. The normalized spacial score (nSPS) is 21.1. The second-order valence-electron chi connectivity index (χ2n) is 4.30. The number of nitrogens with zero attached hydrogens (tertiary/aromatic N) is 2. The van der Waals surface area contributed by atoms with Gasteiger partial charge in [0.1, 0.15) is 5.69 Å². The summed E-state index contributed by atoms with van der Waals surface area (Å²) in [6, 6.07) is 0. The van der Waals surface area contributed by atoms with Gasteiger partial charge in [-0.3, -0.25) is 4.79 Å². The highest BCUT2D eigenvalue weighted by Gasteiger charge is 2.42. The Morgan fingerprint density at radius 1 is 1.50 bits per heavy atom. The minimum absolute atomic E-state index is 0.100. The molecular formula is C10H13F3N4O. The molecule has 1 aliphatic rings. The van der Waals surface area contributed by atoms with Crippen molar-refractivity contribution in [1.29, 1.82) is 0 Å². The van der Waals surface area contributed by atoms with Crippen molar-refractivity contribution in [3.05, 3.63) is 16.7 Å². The Labute approximate surface area is 101 Å². The van der Waals surface area contributed by atoms with Crippen LogP contribution in [0.4, 0.5) is 24.7 Å². The summed E-state index contributed by atoms with van der Waals surface area (Å²) in [6.07, 6.45) is -2.58. The molecule has 1 fully saturated rings. The minimum Gasteiger partial charge on any atom is -0.391 e. The van der Waals surface area contributed by atoms with Gasteiger partial charge in [0.2, 0.25) is 0 Å². The summed E-state index contributed by atoms with van der Waals surface area (Å²) in [5.74, 6) is -1.26. The summed E-state index contributed by atoms with van der Waals surface area (Å²) in [4.78, 5) is 18.9. The quantitative estimate of drug-likeness (QED) is 0.795. The van der Waals surface area contributed by atoms with Crippen LogP contribution < -0.4 is 16.2 Å². The number of rotatable bonds is 1. The van der Waals surface area contributed by atoms with Crippen LogP contribution in [0.25, 0.3) is 0 Å². The molecule has 2 rings (SSSR count). The van der Waals surface area contributed by atoms with Crippen molar-refractivity contribution < 1.29 is 13.2 Å². The largest absolute Gasteiger partial charge is 0.393 e. The van der Waals surface area contributed by atoms with Crippen LogP contribution in [-0.4, -0.2) is 29.2 Å². The zero-order valence-electron chi connectivity index (χ0n) is 9.50. The third-order valence-electron chi connectivity index (χ3n) is 3.05. The molecule has 0 aromatic carbocycles. The average Bonchev–Trinajstić information content (AvgIpc) is 2.32. The van der Waals surface area contributed by atoms with Gasteiger partial charge in [0.15, 0.2) is 5.82 Å². The van der Waals surface area contributed by atoms with Gasteiger partial charge < -0.3 is 15.6 Å². The Morgan fingerprint density at radius 3 is 2.89 bits per heavy atom. The topological polar surface area (TPSA) is 75.0 Å². The number of halogens is 3. The third-order valence-corrected chi connectivity index (χ3v) is 3.05. The van der Waals surface area contributed by atoms with Gasteiger partial charge in [-0.25, -0.2) is 4.98 Å². The Kier molecular flexibility index (Phi) is 3.18. The van der Waals surface area contributed by atoms with Crippen LogP contribution in [0.2, 0.25) is 0 Å². The fourth-order valence-electron chi connectivity index (χ4n) is 2.09.